The lowest BCUT2D eigenvalue weighted by Crippen LogP contribution is -2.28. The molecule has 3 rings (SSSR count). The number of carbonyl (C=O) groups excluding carboxylic acids is 1. The van der Waals surface area contributed by atoms with Crippen LogP contribution in [0.5, 0.6) is 0 Å². The molecular formula is C16H18N6OS. The van der Waals surface area contributed by atoms with Crippen molar-refractivity contribution < 1.29 is 4.79 Å². The van der Waals surface area contributed by atoms with Gasteiger partial charge in [-0.1, -0.05) is 17.4 Å². The summed E-state index contributed by atoms with van der Waals surface area (Å²) >= 11 is 1.35. The number of carbonyl (C=O) groups is 1. The highest BCUT2D eigenvalue weighted by molar-refractivity contribution is 7.21. The van der Waals surface area contributed by atoms with Crippen LogP contribution in [0.4, 0.5) is 15.7 Å². The molecule has 2 N–H and O–H groups in total. The third-order valence-corrected chi connectivity index (χ3v) is 4.18. The molecule has 3 heterocycles. The van der Waals surface area contributed by atoms with Crippen molar-refractivity contribution in [3.8, 4) is 0 Å². The minimum Gasteiger partial charge on any atom is -0.363 e. The normalized spacial score (nSPS) is 10.6. The second kappa shape index (κ2) is 6.79. The average Bonchev–Trinajstić information content (AvgIpc) is 2.94. The minimum absolute atomic E-state index is 0.317. The van der Waals surface area contributed by atoms with Crippen LogP contribution < -0.4 is 15.5 Å². The van der Waals surface area contributed by atoms with Crippen LogP contribution in [0.15, 0.2) is 30.3 Å². The third-order valence-electron chi connectivity index (χ3n) is 3.30. The van der Waals surface area contributed by atoms with Gasteiger partial charge in [0, 0.05) is 19.8 Å². The molecule has 0 saturated carbocycles. The maximum Gasteiger partial charge on any atom is 0.321 e. The number of rotatable bonds is 4. The average molecular weight is 342 g/mol. The van der Waals surface area contributed by atoms with Gasteiger partial charge in [0.05, 0.1) is 12.2 Å². The standard InChI is InChI=1S/C16H18N6OS/c1-10-7-8-12-14(18-10)24-16(20-12)21-15(23)17-9-11-5-4-6-13(19-11)22(2)3/h4-8H,9H2,1-3H3,(H2,17,20,21,23). The summed E-state index contributed by atoms with van der Waals surface area (Å²) in [6, 6.07) is 9.18. The van der Waals surface area contributed by atoms with Gasteiger partial charge in [-0.3, -0.25) is 5.32 Å². The Bertz CT molecular complexity index is 876. The first-order valence-corrected chi connectivity index (χ1v) is 8.25. The van der Waals surface area contributed by atoms with Crippen LogP contribution in [-0.2, 0) is 6.54 Å². The van der Waals surface area contributed by atoms with E-state index in [0.717, 1.165) is 27.6 Å². The number of aryl methyl sites for hydroxylation is 1. The van der Waals surface area contributed by atoms with E-state index in [0.29, 0.717) is 11.7 Å². The zero-order chi connectivity index (χ0) is 17.1. The van der Waals surface area contributed by atoms with E-state index in [1.165, 1.54) is 11.3 Å². The summed E-state index contributed by atoms with van der Waals surface area (Å²) in [5, 5.41) is 6.05. The maximum absolute atomic E-state index is 12.0. The number of hydrogen-bond acceptors (Lipinski definition) is 6. The number of hydrogen-bond donors (Lipinski definition) is 2. The SMILES string of the molecule is Cc1ccc2nc(NC(=O)NCc3cccc(N(C)C)n3)sc2n1. The summed E-state index contributed by atoms with van der Waals surface area (Å²) in [7, 11) is 3.85. The molecule has 0 aliphatic heterocycles. The molecule has 0 radical (unpaired) electrons. The van der Waals surface area contributed by atoms with Gasteiger partial charge in [0.15, 0.2) is 5.13 Å². The van der Waals surface area contributed by atoms with Crippen molar-refractivity contribution in [3.63, 3.8) is 0 Å². The Labute approximate surface area is 143 Å². The molecule has 2 amide bonds. The number of pyridine rings is 2. The van der Waals surface area contributed by atoms with Crippen LogP contribution in [0.1, 0.15) is 11.4 Å². The largest absolute Gasteiger partial charge is 0.363 e. The summed E-state index contributed by atoms with van der Waals surface area (Å²) in [6.07, 6.45) is 0. The summed E-state index contributed by atoms with van der Waals surface area (Å²) in [6.45, 7) is 2.27. The maximum atomic E-state index is 12.0. The molecule has 124 valence electrons. The molecule has 0 atom stereocenters. The molecule has 8 heteroatoms. The van der Waals surface area contributed by atoms with E-state index in [2.05, 4.69) is 25.6 Å². The van der Waals surface area contributed by atoms with Gasteiger partial charge in [0.2, 0.25) is 0 Å². The molecule has 0 saturated heterocycles. The number of nitrogens with one attached hydrogen (secondary N) is 2. The van der Waals surface area contributed by atoms with Gasteiger partial charge >= 0.3 is 6.03 Å². The first kappa shape index (κ1) is 16.1. The predicted molar refractivity (Wildman–Crippen MR) is 96.6 cm³/mol. The number of anilines is 2. The highest BCUT2D eigenvalue weighted by Gasteiger charge is 2.09. The van der Waals surface area contributed by atoms with Crippen LogP contribution in [0.25, 0.3) is 10.3 Å². The van der Waals surface area contributed by atoms with Crippen LogP contribution in [0.3, 0.4) is 0 Å². The van der Waals surface area contributed by atoms with Gasteiger partial charge in [0.25, 0.3) is 0 Å². The Balaban J connectivity index is 1.61. The molecule has 0 spiro atoms. The molecule has 3 aromatic heterocycles. The van der Waals surface area contributed by atoms with E-state index in [4.69, 9.17) is 0 Å². The van der Waals surface area contributed by atoms with Crippen molar-refractivity contribution in [1.82, 2.24) is 20.3 Å². The molecule has 0 aliphatic rings. The number of aromatic nitrogens is 3. The quantitative estimate of drug-likeness (QED) is 0.762. The second-order valence-corrected chi connectivity index (χ2v) is 6.46. The number of thiazole rings is 1. The summed E-state index contributed by atoms with van der Waals surface area (Å²) in [4.78, 5) is 28.0. The van der Waals surface area contributed by atoms with Crippen molar-refractivity contribution in [2.24, 2.45) is 0 Å². The van der Waals surface area contributed by atoms with Crippen molar-refractivity contribution in [2.75, 3.05) is 24.3 Å². The Morgan fingerprint density at radius 3 is 2.79 bits per heavy atom. The lowest BCUT2D eigenvalue weighted by atomic mass is 10.3. The van der Waals surface area contributed by atoms with E-state index in [9.17, 15) is 4.79 Å². The number of nitrogens with zero attached hydrogens (tertiary/aromatic N) is 4. The topological polar surface area (TPSA) is 83.0 Å². The molecule has 0 aliphatic carbocycles. The zero-order valence-corrected chi connectivity index (χ0v) is 14.5. The summed E-state index contributed by atoms with van der Waals surface area (Å²) < 4.78 is 0. The van der Waals surface area contributed by atoms with Crippen LogP contribution in [-0.4, -0.2) is 35.1 Å². The Morgan fingerprint density at radius 2 is 2.00 bits per heavy atom. The Morgan fingerprint density at radius 1 is 1.17 bits per heavy atom. The lowest BCUT2D eigenvalue weighted by molar-refractivity contribution is 0.251. The predicted octanol–water partition coefficient (Wildman–Crippen LogP) is 2.78. The fraction of sp³-hybridized carbons (Fsp3) is 0.250. The first-order chi connectivity index (χ1) is 11.5. The van der Waals surface area contributed by atoms with E-state index >= 15 is 0 Å². The molecule has 0 unspecified atom stereocenters. The second-order valence-electron chi connectivity index (χ2n) is 5.49. The first-order valence-electron chi connectivity index (χ1n) is 7.43. The van der Waals surface area contributed by atoms with Crippen molar-refractivity contribution in [1.29, 1.82) is 0 Å². The molecule has 0 fully saturated rings. The highest BCUT2D eigenvalue weighted by Crippen LogP contribution is 2.24. The van der Waals surface area contributed by atoms with E-state index in [-0.39, 0.29) is 6.03 Å². The van der Waals surface area contributed by atoms with Gasteiger partial charge in [0.1, 0.15) is 16.2 Å². The van der Waals surface area contributed by atoms with Gasteiger partial charge < -0.3 is 10.2 Å². The molecule has 24 heavy (non-hydrogen) atoms. The fourth-order valence-electron chi connectivity index (χ4n) is 2.09. The molecular weight excluding hydrogens is 324 g/mol. The van der Waals surface area contributed by atoms with Crippen molar-refractivity contribution in [3.05, 3.63) is 41.7 Å². The molecule has 7 nitrogen and oxygen atoms in total. The van der Waals surface area contributed by atoms with Crippen LogP contribution in [0.2, 0.25) is 0 Å². The Hall–Kier alpha value is -2.74. The Kier molecular flexibility index (Phi) is 4.57. The smallest absolute Gasteiger partial charge is 0.321 e. The van der Waals surface area contributed by atoms with Gasteiger partial charge in [-0.05, 0) is 31.2 Å². The van der Waals surface area contributed by atoms with E-state index in [1.807, 2.05) is 56.3 Å². The number of fused-ring (bicyclic) bond motifs is 1. The molecule has 0 bridgehead atoms. The minimum atomic E-state index is -0.317. The van der Waals surface area contributed by atoms with Gasteiger partial charge in [-0.15, -0.1) is 0 Å². The molecule has 0 aromatic carbocycles. The van der Waals surface area contributed by atoms with Crippen LogP contribution in [0, 0.1) is 6.92 Å². The lowest BCUT2D eigenvalue weighted by Gasteiger charge is -2.12. The van der Waals surface area contributed by atoms with Gasteiger partial charge in [-0.2, -0.15) is 0 Å². The molecule has 3 aromatic rings. The number of urea groups is 1. The summed E-state index contributed by atoms with van der Waals surface area (Å²) in [5.41, 5.74) is 2.49. The highest BCUT2D eigenvalue weighted by atomic mass is 32.1. The summed E-state index contributed by atoms with van der Waals surface area (Å²) in [5.74, 6) is 0.849. The van der Waals surface area contributed by atoms with Crippen molar-refractivity contribution in [2.45, 2.75) is 13.5 Å². The zero-order valence-electron chi connectivity index (χ0n) is 13.7. The van der Waals surface area contributed by atoms with E-state index in [1.54, 1.807) is 0 Å². The van der Waals surface area contributed by atoms with E-state index < -0.39 is 0 Å². The van der Waals surface area contributed by atoms with Crippen molar-refractivity contribution >= 4 is 38.7 Å². The number of amides is 2. The fourth-order valence-corrected chi connectivity index (χ4v) is 2.97. The van der Waals surface area contributed by atoms with Crippen LogP contribution >= 0.6 is 11.3 Å². The monoisotopic (exact) mass is 342 g/mol. The van der Waals surface area contributed by atoms with Gasteiger partial charge in [-0.25, -0.2) is 19.7 Å². The third kappa shape index (κ3) is 3.77.